The van der Waals surface area contributed by atoms with Crippen LogP contribution in [0.4, 0.5) is 5.69 Å². The van der Waals surface area contributed by atoms with E-state index in [4.69, 9.17) is 4.74 Å². The van der Waals surface area contributed by atoms with Crippen molar-refractivity contribution in [2.75, 3.05) is 4.41 Å². The third kappa shape index (κ3) is 14.9. The predicted molar refractivity (Wildman–Crippen MR) is 172 cm³/mol. The third-order valence-electron chi connectivity index (χ3n) is 7.30. The van der Waals surface area contributed by atoms with Crippen LogP contribution < -0.4 is 14.6 Å². The van der Waals surface area contributed by atoms with Crippen molar-refractivity contribution in [3.05, 3.63) is 54.1 Å². The fraction of sp³-hybridized carbons (Fsp3) is 0.618. The van der Waals surface area contributed by atoms with Gasteiger partial charge in [0.2, 0.25) is 5.91 Å². The van der Waals surface area contributed by atoms with Crippen molar-refractivity contribution in [2.24, 2.45) is 0 Å². The molecule has 5 nitrogen and oxygen atoms in total. The minimum absolute atomic E-state index is 0.0167. The molecule has 0 heterocycles. The van der Waals surface area contributed by atoms with E-state index in [9.17, 15) is 9.90 Å². The van der Waals surface area contributed by atoms with Crippen molar-refractivity contribution in [3.63, 3.8) is 0 Å². The molecule has 0 aliphatic rings. The molecule has 2 N–H and O–H groups in total. The Balaban J connectivity index is 1.72. The molecule has 0 fully saturated rings. The number of benzene rings is 2. The first-order valence-corrected chi connectivity index (χ1v) is 16.7. The molecule has 224 valence electrons. The fourth-order valence-corrected chi connectivity index (χ4v) is 5.77. The van der Waals surface area contributed by atoms with E-state index in [-0.39, 0.29) is 11.7 Å². The van der Waals surface area contributed by atoms with E-state index in [1.165, 1.54) is 83.5 Å². The predicted octanol–water partition coefficient (Wildman–Crippen LogP) is 10.1. The van der Waals surface area contributed by atoms with Gasteiger partial charge in [0.05, 0.1) is 5.69 Å². The van der Waals surface area contributed by atoms with E-state index < -0.39 is 0 Å². The molecular weight excluding hydrogens is 516 g/mol. The first-order valence-electron chi connectivity index (χ1n) is 15.8. The second-order valence-electron chi connectivity index (χ2n) is 10.8. The van der Waals surface area contributed by atoms with Crippen molar-refractivity contribution < 1.29 is 14.6 Å². The Bertz CT molecular complexity index is 904. The minimum Gasteiger partial charge on any atom is -0.508 e. The quantitative estimate of drug-likeness (QED) is 0.0790. The molecule has 0 aliphatic heterocycles. The Hall–Kier alpha value is -2.34. The highest BCUT2D eigenvalue weighted by molar-refractivity contribution is 8.01. The van der Waals surface area contributed by atoms with E-state index in [0.717, 1.165) is 24.1 Å². The van der Waals surface area contributed by atoms with Gasteiger partial charge in [0, 0.05) is 11.7 Å². The molecule has 40 heavy (non-hydrogen) atoms. The van der Waals surface area contributed by atoms with Crippen LogP contribution in [0.25, 0.3) is 0 Å². The van der Waals surface area contributed by atoms with E-state index >= 15 is 0 Å². The summed E-state index contributed by atoms with van der Waals surface area (Å²) in [4.78, 5) is 12.3. The van der Waals surface area contributed by atoms with Gasteiger partial charge in [0.1, 0.15) is 18.1 Å². The standard InChI is InChI=1S/C34H54N2O3S/c1-4-7-8-9-10-11-12-13-14-15-16-17-18-19-33(5-2)40-36(35-34(38)6-3)30-22-20-29(21-23-30)28-39-32-26-24-31(37)25-27-32/h20-27,33,37H,4-19,28H2,1-3H3,(H,35,38). The summed E-state index contributed by atoms with van der Waals surface area (Å²) in [6.45, 7) is 6.84. The first kappa shape index (κ1) is 33.9. The lowest BCUT2D eigenvalue weighted by atomic mass is 10.0. The van der Waals surface area contributed by atoms with Crippen molar-refractivity contribution in [1.29, 1.82) is 0 Å². The van der Waals surface area contributed by atoms with Crippen molar-refractivity contribution in [2.45, 2.75) is 135 Å². The Kier molecular flexibility index (Phi) is 18.1. The third-order valence-corrected chi connectivity index (χ3v) is 8.68. The molecule has 0 bridgehead atoms. The van der Waals surface area contributed by atoms with Gasteiger partial charge in [-0.2, -0.15) is 0 Å². The zero-order valence-corrected chi connectivity index (χ0v) is 26.2. The number of unbranched alkanes of at least 4 members (excludes halogenated alkanes) is 12. The average Bonchev–Trinajstić information content (AvgIpc) is 2.98. The summed E-state index contributed by atoms with van der Waals surface area (Å²) in [5, 5.41) is 9.89. The summed E-state index contributed by atoms with van der Waals surface area (Å²) < 4.78 is 7.78. The lowest BCUT2D eigenvalue weighted by molar-refractivity contribution is -0.120. The number of hydrogen-bond acceptors (Lipinski definition) is 5. The summed E-state index contributed by atoms with van der Waals surface area (Å²) in [5.41, 5.74) is 5.09. The summed E-state index contributed by atoms with van der Waals surface area (Å²) in [5.74, 6) is 0.958. The Labute approximate surface area is 248 Å². The van der Waals surface area contributed by atoms with Crippen LogP contribution in [-0.2, 0) is 11.4 Å². The summed E-state index contributed by atoms with van der Waals surface area (Å²) in [6.07, 6.45) is 20.5. The van der Waals surface area contributed by atoms with Crippen LogP contribution in [0.15, 0.2) is 48.5 Å². The van der Waals surface area contributed by atoms with Crippen LogP contribution in [0.1, 0.15) is 129 Å². The number of ether oxygens (including phenoxy) is 1. The van der Waals surface area contributed by atoms with Gasteiger partial charge >= 0.3 is 0 Å². The maximum atomic E-state index is 12.3. The molecule has 0 aromatic heterocycles. The zero-order chi connectivity index (χ0) is 28.8. The number of phenolic OH excluding ortho intramolecular Hbond substituents is 1. The van der Waals surface area contributed by atoms with Crippen LogP contribution >= 0.6 is 11.9 Å². The fourth-order valence-electron chi connectivity index (χ4n) is 4.65. The number of hydrazine groups is 1. The Morgan fingerprint density at radius 2 is 1.35 bits per heavy atom. The normalized spacial score (nSPS) is 11.8. The zero-order valence-electron chi connectivity index (χ0n) is 25.3. The molecule has 6 heteroatoms. The number of phenols is 1. The minimum atomic E-state index is 0.0167. The van der Waals surface area contributed by atoms with Gasteiger partial charge in [-0.15, -0.1) is 0 Å². The van der Waals surface area contributed by atoms with Crippen molar-refractivity contribution in [1.82, 2.24) is 5.43 Å². The largest absolute Gasteiger partial charge is 0.508 e. The lowest BCUT2D eigenvalue weighted by Gasteiger charge is -2.28. The molecule has 2 rings (SSSR count). The van der Waals surface area contributed by atoms with Crippen molar-refractivity contribution >= 4 is 23.5 Å². The molecule has 1 atom stereocenters. The second-order valence-corrected chi connectivity index (χ2v) is 12.0. The first-order chi connectivity index (χ1) is 19.5. The van der Waals surface area contributed by atoms with E-state index in [1.807, 2.05) is 35.6 Å². The molecular formula is C34H54N2O3S. The van der Waals surface area contributed by atoms with Gasteiger partial charge in [-0.05, 0) is 66.8 Å². The Morgan fingerprint density at radius 3 is 1.88 bits per heavy atom. The number of nitrogens with zero attached hydrogens (tertiary/aromatic N) is 1. The average molecular weight is 571 g/mol. The Morgan fingerprint density at radius 1 is 0.800 bits per heavy atom. The van der Waals surface area contributed by atoms with E-state index in [2.05, 4.69) is 19.3 Å². The van der Waals surface area contributed by atoms with E-state index in [0.29, 0.717) is 24.0 Å². The molecule has 0 saturated heterocycles. The van der Waals surface area contributed by atoms with Gasteiger partial charge in [0.15, 0.2) is 0 Å². The maximum Gasteiger partial charge on any atom is 0.238 e. The molecule has 0 saturated carbocycles. The summed E-state index contributed by atoms with van der Waals surface area (Å²) in [7, 11) is 0. The maximum absolute atomic E-state index is 12.3. The molecule has 2 aromatic rings. The monoisotopic (exact) mass is 570 g/mol. The highest BCUT2D eigenvalue weighted by Gasteiger charge is 2.17. The molecule has 0 spiro atoms. The number of anilines is 1. The highest BCUT2D eigenvalue weighted by atomic mass is 32.2. The number of nitrogens with one attached hydrogen (secondary N) is 1. The number of amides is 1. The number of hydrogen-bond donors (Lipinski definition) is 2. The van der Waals surface area contributed by atoms with Gasteiger partial charge in [0.25, 0.3) is 0 Å². The molecule has 2 aromatic carbocycles. The lowest BCUT2D eigenvalue weighted by Crippen LogP contribution is -2.38. The number of aromatic hydroxyl groups is 1. The molecule has 1 amide bonds. The number of carbonyl (C=O) groups excluding carboxylic acids is 1. The number of carbonyl (C=O) groups is 1. The van der Waals surface area contributed by atoms with Gasteiger partial charge in [-0.25, -0.2) is 4.41 Å². The molecule has 1 unspecified atom stereocenters. The SMILES string of the molecule is CCCCCCCCCCCCCCCC(CC)SN(NC(=O)CC)c1ccc(COc2ccc(O)cc2)cc1. The summed E-state index contributed by atoms with van der Waals surface area (Å²) in [6, 6.07) is 14.9. The summed E-state index contributed by atoms with van der Waals surface area (Å²) >= 11 is 1.73. The van der Waals surface area contributed by atoms with Crippen LogP contribution in [0.5, 0.6) is 11.5 Å². The van der Waals surface area contributed by atoms with Crippen LogP contribution in [0, 0.1) is 0 Å². The molecule has 0 aliphatic carbocycles. The topological polar surface area (TPSA) is 61.8 Å². The molecule has 0 radical (unpaired) electrons. The van der Waals surface area contributed by atoms with Gasteiger partial charge in [-0.1, -0.05) is 116 Å². The van der Waals surface area contributed by atoms with Crippen LogP contribution in [0.3, 0.4) is 0 Å². The number of rotatable bonds is 23. The van der Waals surface area contributed by atoms with E-state index in [1.54, 1.807) is 36.2 Å². The van der Waals surface area contributed by atoms with Gasteiger partial charge in [-0.3, -0.25) is 10.2 Å². The van der Waals surface area contributed by atoms with Crippen molar-refractivity contribution in [3.8, 4) is 11.5 Å². The highest BCUT2D eigenvalue weighted by Crippen LogP contribution is 2.29. The smallest absolute Gasteiger partial charge is 0.238 e. The second kappa shape index (κ2) is 21.4. The van der Waals surface area contributed by atoms with Crippen LogP contribution in [0.2, 0.25) is 0 Å². The van der Waals surface area contributed by atoms with Crippen LogP contribution in [-0.4, -0.2) is 16.3 Å². The van der Waals surface area contributed by atoms with Gasteiger partial charge < -0.3 is 9.84 Å².